The van der Waals surface area contributed by atoms with E-state index < -0.39 is 9.84 Å². The maximum Gasteiger partial charge on any atom is 0.192 e. The van der Waals surface area contributed by atoms with Crippen LogP contribution >= 0.6 is 0 Å². The minimum Gasteiger partial charge on any atom is -0.244 e. The van der Waals surface area contributed by atoms with Gasteiger partial charge in [0, 0.05) is 12.5 Å². The Balaban J connectivity index is 3.09. The summed E-state index contributed by atoms with van der Waals surface area (Å²) in [6.45, 7) is 1.87. The molecule has 0 saturated heterocycles. The van der Waals surface area contributed by atoms with E-state index in [2.05, 4.69) is 4.98 Å². The minimum atomic E-state index is -3.15. The fourth-order valence-corrected chi connectivity index (χ4v) is 1.34. The van der Waals surface area contributed by atoms with Crippen LogP contribution < -0.4 is 0 Å². The third-order valence-electron chi connectivity index (χ3n) is 1.47. The quantitative estimate of drug-likeness (QED) is 0.690. The van der Waals surface area contributed by atoms with Gasteiger partial charge in [0.05, 0.1) is 0 Å². The summed E-state index contributed by atoms with van der Waals surface area (Å²) in [6.07, 6.45) is 4.54. The molecule has 0 aromatic carbocycles. The smallest absolute Gasteiger partial charge is 0.192 e. The lowest BCUT2D eigenvalue weighted by Gasteiger charge is -1.97. The fraction of sp³-hybridized carbons (Fsp3) is 0.250. The Bertz CT molecular complexity index is 353. The summed E-state index contributed by atoms with van der Waals surface area (Å²) in [5.41, 5.74) is 0.919. The SMILES string of the molecule is C[CH]c1ccc(S(C)(=O)=O)nc1. The van der Waals surface area contributed by atoms with Gasteiger partial charge in [0.25, 0.3) is 0 Å². The minimum absolute atomic E-state index is 0.119. The van der Waals surface area contributed by atoms with Crippen molar-refractivity contribution in [3.8, 4) is 0 Å². The van der Waals surface area contributed by atoms with Crippen molar-refractivity contribution in [2.75, 3.05) is 6.26 Å². The van der Waals surface area contributed by atoms with Gasteiger partial charge in [0.1, 0.15) is 0 Å². The first-order chi connectivity index (χ1) is 5.54. The molecule has 0 atom stereocenters. The molecule has 0 N–H and O–H groups in total. The topological polar surface area (TPSA) is 47.0 Å². The Morgan fingerprint density at radius 2 is 2.08 bits per heavy atom. The third-order valence-corrected chi connectivity index (χ3v) is 2.47. The summed E-state index contributed by atoms with van der Waals surface area (Å²) in [5.74, 6) is 0. The highest BCUT2D eigenvalue weighted by atomic mass is 32.2. The molecule has 0 amide bonds. The normalized spacial score (nSPS) is 11.5. The van der Waals surface area contributed by atoms with Gasteiger partial charge in [-0.2, -0.15) is 0 Å². The molecule has 1 aromatic rings. The number of aromatic nitrogens is 1. The van der Waals surface area contributed by atoms with E-state index in [4.69, 9.17) is 0 Å². The van der Waals surface area contributed by atoms with Crippen molar-refractivity contribution in [2.45, 2.75) is 11.9 Å². The Labute approximate surface area is 72.4 Å². The average Bonchev–Trinajstić information content (AvgIpc) is 2.03. The number of hydrogen-bond donors (Lipinski definition) is 0. The van der Waals surface area contributed by atoms with Crippen LogP contribution in [0.25, 0.3) is 0 Å². The van der Waals surface area contributed by atoms with Crippen LogP contribution in [0.2, 0.25) is 0 Å². The number of nitrogens with zero attached hydrogens (tertiary/aromatic N) is 1. The van der Waals surface area contributed by atoms with Gasteiger partial charge >= 0.3 is 0 Å². The van der Waals surface area contributed by atoms with Crippen LogP contribution in [0.5, 0.6) is 0 Å². The van der Waals surface area contributed by atoms with Crippen molar-refractivity contribution in [3.05, 3.63) is 30.3 Å². The van der Waals surface area contributed by atoms with E-state index in [9.17, 15) is 8.42 Å². The van der Waals surface area contributed by atoms with Crippen molar-refractivity contribution in [1.29, 1.82) is 0 Å². The van der Waals surface area contributed by atoms with Crippen molar-refractivity contribution < 1.29 is 8.42 Å². The first-order valence-electron chi connectivity index (χ1n) is 3.49. The molecule has 0 fully saturated rings. The highest BCUT2D eigenvalue weighted by Gasteiger charge is 2.06. The maximum atomic E-state index is 11.0. The Morgan fingerprint density at radius 1 is 1.42 bits per heavy atom. The van der Waals surface area contributed by atoms with Crippen LogP contribution in [0.1, 0.15) is 12.5 Å². The van der Waals surface area contributed by atoms with Crippen LogP contribution in [-0.4, -0.2) is 19.7 Å². The molecule has 0 bridgehead atoms. The van der Waals surface area contributed by atoms with Crippen LogP contribution in [-0.2, 0) is 9.84 Å². The molecule has 65 valence electrons. The van der Waals surface area contributed by atoms with Gasteiger partial charge in [0.15, 0.2) is 14.9 Å². The van der Waals surface area contributed by atoms with Crippen molar-refractivity contribution in [1.82, 2.24) is 4.98 Å². The molecule has 0 unspecified atom stereocenters. The Hall–Kier alpha value is -0.900. The van der Waals surface area contributed by atoms with E-state index in [-0.39, 0.29) is 5.03 Å². The molecular weight excluding hydrogens is 174 g/mol. The molecule has 3 nitrogen and oxygen atoms in total. The van der Waals surface area contributed by atoms with Crippen LogP contribution in [0, 0.1) is 6.42 Å². The third kappa shape index (κ3) is 2.04. The maximum absolute atomic E-state index is 11.0. The predicted molar refractivity (Wildman–Crippen MR) is 46.4 cm³/mol. The zero-order valence-corrected chi connectivity index (χ0v) is 7.80. The van der Waals surface area contributed by atoms with Gasteiger partial charge in [-0.25, -0.2) is 13.4 Å². The van der Waals surface area contributed by atoms with Gasteiger partial charge in [-0.3, -0.25) is 0 Å². The van der Waals surface area contributed by atoms with Crippen LogP contribution in [0.15, 0.2) is 23.4 Å². The largest absolute Gasteiger partial charge is 0.244 e. The van der Waals surface area contributed by atoms with Crippen molar-refractivity contribution in [3.63, 3.8) is 0 Å². The molecule has 12 heavy (non-hydrogen) atoms. The first kappa shape index (κ1) is 9.19. The lowest BCUT2D eigenvalue weighted by molar-refractivity contribution is 0.598. The summed E-state index contributed by atoms with van der Waals surface area (Å²) < 4.78 is 21.9. The van der Waals surface area contributed by atoms with Gasteiger partial charge in [-0.15, -0.1) is 0 Å². The second kappa shape index (κ2) is 3.23. The number of sulfone groups is 1. The fourth-order valence-electron chi connectivity index (χ4n) is 0.782. The molecule has 0 aliphatic carbocycles. The summed E-state index contributed by atoms with van der Waals surface area (Å²) in [5, 5.41) is 0.119. The Kier molecular flexibility index (Phi) is 2.47. The summed E-state index contributed by atoms with van der Waals surface area (Å²) in [6, 6.07) is 3.23. The molecule has 1 radical (unpaired) electrons. The van der Waals surface area contributed by atoms with E-state index in [1.54, 1.807) is 6.07 Å². The second-order valence-electron chi connectivity index (χ2n) is 2.49. The molecule has 1 heterocycles. The Morgan fingerprint density at radius 3 is 2.42 bits per heavy atom. The molecular formula is C8H10NO2S. The summed E-state index contributed by atoms with van der Waals surface area (Å²) >= 11 is 0. The lowest BCUT2D eigenvalue weighted by atomic mass is 10.2. The van der Waals surface area contributed by atoms with E-state index in [0.29, 0.717) is 0 Å². The molecule has 0 saturated carbocycles. The first-order valence-corrected chi connectivity index (χ1v) is 5.38. The van der Waals surface area contributed by atoms with E-state index >= 15 is 0 Å². The van der Waals surface area contributed by atoms with E-state index in [0.717, 1.165) is 11.8 Å². The standard InChI is InChI=1S/C8H10NO2S/c1-3-7-4-5-8(9-6-7)12(2,10)11/h3-6H,1-2H3. The highest BCUT2D eigenvalue weighted by Crippen LogP contribution is 2.06. The summed E-state index contributed by atoms with van der Waals surface area (Å²) in [7, 11) is -3.15. The number of rotatable bonds is 2. The monoisotopic (exact) mass is 184 g/mol. The van der Waals surface area contributed by atoms with Crippen molar-refractivity contribution >= 4 is 9.84 Å². The van der Waals surface area contributed by atoms with Crippen LogP contribution in [0.3, 0.4) is 0 Å². The molecule has 0 aliphatic heterocycles. The predicted octanol–water partition coefficient (Wildman–Crippen LogP) is 1.06. The number of hydrogen-bond acceptors (Lipinski definition) is 3. The van der Waals surface area contributed by atoms with Crippen molar-refractivity contribution in [2.24, 2.45) is 0 Å². The van der Waals surface area contributed by atoms with Gasteiger partial charge < -0.3 is 0 Å². The average molecular weight is 184 g/mol. The zero-order chi connectivity index (χ0) is 9.19. The number of pyridine rings is 1. The van der Waals surface area contributed by atoms with E-state index in [1.807, 2.05) is 13.3 Å². The molecule has 1 aromatic heterocycles. The zero-order valence-electron chi connectivity index (χ0n) is 6.98. The molecule has 0 spiro atoms. The highest BCUT2D eigenvalue weighted by molar-refractivity contribution is 7.90. The van der Waals surface area contributed by atoms with E-state index in [1.165, 1.54) is 12.3 Å². The van der Waals surface area contributed by atoms with Gasteiger partial charge in [0.2, 0.25) is 0 Å². The molecule has 0 aliphatic rings. The van der Waals surface area contributed by atoms with Gasteiger partial charge in [-0.1, -0.05) is 13.0 Å². The van der Waals surface area contributed by atoms with Gasteiger partial charge in [-0.05, 0) is 18.1 Å². The molecule has 4 heteroatoms. The molecule has 1 rings (SSSR count). The lowest BCUT2D eigenvalue weighted by Crippen LogP contribution is -1.99. The van der Waals surface area contributed by atoms with Crippen LogP contribution in [0.4, 0.5) is 0 Å². The second-order valence-corrected chi connectivity index (χ2v) is 4.45. The summed E-state index contributed by atoms with van der Waals surface area (Å²) in [4.78, 5) is 3.80.